The Labute approximate surface area is 88.0 Å². The molecule has 1 aromatic rings. The molecule has 0 aliphatic heterocycles. The number of hydrogen-bond acceptors (Lipinski definition) is 6. The highest BCUT2D eigenvalue weighted by atomic mass is 16.5. The number of rotatable bonds is 3. The minimum absolute atomic E-state index is 0.165. The molecule has 6 heteroatoms. The topological polar surface area (TPSA) is 99.1 Å². The Morgan fingerprint density at radius 2 is 2.07 bits per heavy atom. The predicted molar refractivity (Wildman–Crippen MR) is 57.1 cm³/mol. The predicted octanol–water partition coefficient (Wildman–Crippen LogP) is 0.666. The maximum atomic E-state index is 5.67. The van der Waals surface area contributed by atoms with E-state index in [-0.39, 0.29) is 12.1 Å². The van der Waals surface area contributed by atoms with Crippen LogP contribution in [0.25, 0.3) is 0 Å². The lowest BCUT2D eigenvalue weighted by Gasteiger charge is -2.12. The first-order valence-electron chi connectivity index (χ1n) is 5.06. The van der Waals surface area contributed by atoms with Crippen LogP contribution in [0.15, 0.2) is 6.07 Å². The summed E-state index contributed by atoms with van der Waals surface area (Å²) in [4.78, 5) is 7.87. The second-order valence-corrected chi connectivity index (χ2v) is 3.62. The molecule has 1 aromatic heterocycles. The summed E-state index contributed by atoms with van der Waals surface area (Å²) in [5, 5.41) is 0. The number of nitrogen functional groups attached to an aromatic ring is 2. The first kappa shape index (κ1) is 9.97. The van der Waals surface area contributed by atoms with Crippen LogP contribution in [-0.2, 0) is 0 Å². The average Bonchev–Trinajstić information content (AvgIpc) is 2.69. The van der Waals surface area contributed by atoms with Gasteiger partial charge >= 0.3 is 0 Å². The second-order valence-electron chi connectivity index (χ2n) is 3.62. The van der Waals surface area contributed by atoms with Crippen molar-refractivity contribution in [2.75, 3.05) is 11.2 Å². The van der Waals surface area contributed by atoms with E-state index in [1.165, 1.54) is 12.8 Å². The van der Waals surface area contributed by atoms with E-state index < -0.39 is 0 Å². The summed E-state index contributed by atoms with van der Waals surface area (Å²) in [6.07, 6.45) is 4.84. The molecule has 6 nitrogen and oxygen atoms in total. The van der Waals surface area contributed by atoms with Crippen molar-refractivity contribution in [1.82, 2.24) is 9.97 Å². The van der Waals surface area contributed by atoms with Gasteiger partial charge in [-0.1, -0.05) is 0 Å². The molecule has 0 aromatic carbocycles. The van der Waals surface area contributed by atoms with Gasteiger partial charge in [0.1, 0.15) is 11.9 Å². The molecule has 1 heterocycles. The van der Waals surface area contributed by atoms with Gasteiger partial charge in [0.15, 0.2) is 0 Å². The van der Waals surface area contributed by atoms with E-state index >= 15 is 0 Å². The molecule has 1 fully saturated rings. The van der Waals surface area contributed by atoms with Crippen LogP contribution in [0, 0.1) is 0 Å². The Morgan fingerprint density at radius 1 is 1.33 bits per heavy atom. The van der Waals surface area contributed by atoms with Crippen molar-refractivity contribution in [3.63, 3.8) is 0 Å². The van der Waals surface area contributed by atoms with E-state index in [1.54, 1.807) is 6.07 Å². The number of nitrogens with two attached hydrogens (primary N) is 2. The third kappa shape index (κ3) is 2.47. The van der Waals surface area contributed by atoms with Gasteiger partial charge in [0.05, 0.1) is 0 Å². The first-order chi connectivity index (χ1) is 7.28. The van der Waals surface area contributed by atoms with E-state index in [1.807, 2.05) is 0 Å². The zero-order chi connectivity index (χ0) is 10.7. The third-order valence-electron chi connectivity index (χ3n) is 2.46. The van der Waals surface area contributed by atoms with Gasteiger partial charge in [-0.15, -0.1) is 0 Å². The Kier molecular flexibility index (Phi) is 2.86. The zero-order valence-electron chi connectivity index (χ0n) is 8.44. The van der Waals surface area contributed by atoms with Crippen LogP contribution in [0.1, 0.15) is 25.7 Å². The molecule has 0 bridgehead atoms. The van der Waals surface area contributed by atoms with Crippen LogP contribution < -0.4 is 21.7 Å². The van der Waals surface area contributed by atoms with E-state index in [9.17, 15) is 0 Å². The number of nitrogens with zero attached hydrogens (tertiary/aromatic N) is 2. The van der Waals surface area contributed by atoms with Crippen molar-refractivity contribution in [2.24, 2.45) is 5.84 Å². The first-order valence-corrected chi connectivity index (χ1v) is 5.06. The van der Waals surface area contributed by atoms with Crippen LogP contribution in [0.3, 0.4) is 0 Å². The third-order valence-corrected chi connectivity index (χ3v) is 2.46. The van der Waals surface area contributed by atoms with E-state index in [0.717, 1.165) is 12.8 Å². The summed E-state index contributed by atoms with van der Waals surface area (Å²) in [5.41, 5.74) is 7.93. The molecule has 2 rings (SSSR count). The van der Waals surface area contributed by atoms with Gasteiger partial charge < -0.3 is 15.9 Å². The monoisotopic (exact) mass is 209 g/mol. The Morgan fingerprint density at radius 3 is 2.73 bits per heavy atom. The molecule has 5 N–H and O–H groups in total. The molecule has 0 atom stereocenters. The number of hydrazine groups is 1. The van der Waals surface area contributed by atoms with Crippen LogP contribution in [-0.4, -0.2) is 16.1 Å². The Hall–Kier alpha value is -1.56. The lowest BCUT2D eigenvalue weighted by Crippen LogP contribution is -2.15. The molecule has 82 valence electrons. The van der Waals surface area contributed by atoms with Crippen molar-refractivity contribution < 1.29 is 4.74 Å². The zero-order valence-corrected chi connectivity index (χ0v) is 8.44. The lowest BCUT2D eigenvalue weighted by molar-refractivity contribution is 0.201. The van der Waals surface area contributed by atoms with Gasteiger partial charge in [-0.25, -0.2) is 5.84 Å². The molecule has 0 unspecified atom stereocenters. The van der Waals surface area contributed by atoms with Crippen LogP contribution in [0.2, 0.25) is 0 Å². The summed E-state index contributed by atoms with van der Waals surface area (Å²) in [5.74, 6) is 6.37. The molecular weight excluding hydrogens is 194 g/mol. The molecule has 1 aliphatic rings. The van der Waals surface area contributed by atoms with Gasteiger partial charge in [0, 0.05) is 6.07 Å². The summed E-state index contributed by atoms with van der Waals surface area (Å²) in [6.45, 7) is 0. The molecule has 1 saturated carbocycles. The molecule has 0 saturated heterocycles. The number of hydrogen-bond donors (Lipinski definition) is 3. The highest BCUT2D eigenvalue weighted by Gasteiger charge is 2.17. The smallest absolute Gasteiger partial charge is 0.225 e. The molecule has 0 spiro atoms. The van der Waals surface area contributed by atoms with Gasteiger partial charge in [-0.2, -0.15) is 9.97 Å². The quantitative estimate of drug-likeness (QED) is 0.499. The van der Waals surface area contributed by atoms with Gasteiger partial charge in [-0.05, 0) is 25.7 Å². The number of anilines is 2. The van der Waals surface area contributed by atoms with Gasteiger partial charge in [0.2, 0.25) is 11.8 Å². The molecule has 0 amide bonds. The van der Waals surface area contributed by atoms with Crippen molar-refractivity contribution >= 4 is 11.8 Å². The standard InChI is InChI=1S/C9H15N5O/c10-9-12-7(14-11)5-8(13-9)15-6-3-1-2-4-6/h5-6H,1-4,11H2,(H3,10,12,13,14). The van der Waals surface area contributed by atoms with E-state index in [0.29, 0.717) is 11.7 Å². The van der Waals surface area contributed by atoms with Crippen molar-refractivity contribution in [3.8, 4) is 5.88 Å². The van der Waals surface area contributed by atoms with E-state index in [2.05, 4.69) is 15.4 Å². The fraction of sp³-hybridized carbons (Fsp3) is 0.556. The Balaban J connectivity index is 2.09. The highest BCUT2D eigenvalue weighted by Crippen LogP contribution is 2.24. The van der Waals surface area contributed by atoms with Gasteiger partial charge in [0.25, 0.3) is 0 Å². The summed E-state index contributed by atoms with van der Waals surface area (Å²) < 4.78 is 5.67. The molecule has 15 heavy (non-hydrogen) atoms. The maximum absolute atomic E-state index is 5.67. The van der Waals surface area contributed by atoms with Crippen LogP contribution in [0.4, 0.5) is 11.8 Å². The average molecular weight is 209 g/mol. The molecule has 1 aliphatic carbocycles. The molecular formula is C9H15N5O. The summed E-state index contributed by atoms with van der Waals surface area (Å²) >= 11 is 0. The second kappa shape index (κ2) is 4.31. The number of aromatic nitrogens is 2. The SMILES string of the molecule is NNc1cc(OC2CCCC2)nc(N)n1. The van der Waals surface area contributed by atoms with Crippen LogP contribution in [0.5, 0.6) is 5.88 Å². The lowest BCUT2D eigenvalue weighted by atomic mass is 10.3. The normalized spacial score (nSPS) is 16.6. The largest absolute Gasteiger partial charge is 0.474 e. The number of nitrogens with one attached hydrogen (secondary N) is 1. The fourth-order valence-corrected chi connectivity index (χ4v) is 1.75. The summed E-state index contributed by atoms with van der Waals surface area (Å²) in [6, 6.07) is 1.65. The summed E-state index contributed by atoms with van der Waals surface area (Å²) in [7, 11) is 0. The highest BCUT2D eigenvalue weighted by molar-refractivity contribution is 5.41. The van der Waals surface area contributed by atoms with E-state index in [4.69, 9.17) is 16.3 Å². The van der Waals surface area contributed by atoms with Crippen molar-refractivity contribution in [3.05, 3.63) is 6.07 Å². The van der Waals surface area contributed by atoms with Crippen molar-refractivity contribution in [1.29, 1.82) is 0 Å². The van der Waals surface area contributed by atoms with Gasteiger partial charge in [-0.3, -0.25) is 0 Å². The van der Waals surface area contributed by atoms with Crippen LogP contribution >= 0.6 is 0 Å². The Bertz CT molecular complexity index is 337. The minimum atomic E-state index is 0.165. The number of ether oxygens (including phenoxy) is 1. The minimum Gasteiger partial charge on any atom is -0.474 e. The maximum Gasteiger partial charge on any atom is 0.225 e. The molecule has 0 radical (unpaired) electrons. The fourth-order valence-electron chi connectivity index (χ4n) is 1.75. The van der Waals surface area contributed by atoms with Crippen molar-refractivity contribution in [2.45, 2.75) is 31.8 Å².